The fourth-order valence-corrected chi connectivity index (χ4v) is 3.76. The quantitative estimate of drug-likeness (QED) is 0.795. The molecule has 1 aromatic rings. The van der Waals surface area contributed by atoms with Gasteiger partial charge >= 0.3 is 5.97 Å². The van der Waals surface area contributed by atoms with Crippen LogP contribution in [0.25, 0.3) is 0 Å². The number of aromatic nitrogens is 2. The summed E-state index contributed by atoms with van der Waals surface area (Å²) in [5.41, 5.74) is -0.534. The summed E-state index contributed by atoms with van der Waals surface area (Å²) in [6, 6.07) is 0.253. The molecule has 1 aromatic heterocycles. The first kappa shape index (κ1) is 16.5. The van der Waals surface area contributed by atoms with E-state index in [1.165, 1.54) is 7.11 Å². The Kier molecular flexibility index (Phi) is 5.43. The Morgan fingerprint density at radius 1 is 1.67 bits per heavy atom. The van der Waals surface area contributed by atoms with Crippen LogP contribution in [-0.4, -0.2) is 34.4 Å². The van der Waals surface area contributed by atoms with Gasteiger partial charge in [0.1, 0.15) is 5.54 Å². The van der Waals surface area contributed by atoms with Crippen LogP contribution < -0.4 is 5.32 Å². The predicted molar refractivity (Wildman–Crippen MR) is 84.9 cm³/mol. The van der Waals surface area contributed by atoms with E-state index in [1.807, 2.05) is 10.9 Å². The van der Waals surface area contributed by atoms with Gasteiger partial charge in [0, 0.05) is 18.8 Å². The van der Waals surface area contributed by atoms with Crippen molar-refractivity contribution in [3.05, 3.63) is 16.9 Å². The summed E-state index contributed by atoms with van der Waals surface area (Å²) in [6.07, 6.45) is 7.63. The molecule has 1 fully saturated rings. The van der Waals surface area contributed by atoms with Crippen molar-refractivity contribution in [1.82, 2.24) is 15.1 Å². The lowest BCUT2D eigenvalue weighted by Gasteiger charge is -2.35. The first-order valence-electron chi connectivity index (χ1n) is 7.52. The minimum Gasteiger partial charge on any atom is -0.468 e. The van der Waals surface area contributed by atoms with Gasteiger partial charge < -0.3 is 4.74 Å². The maximum absolute atomic E-state index is 12.4. The van der Waals surface area contributed by atoms with Crippen LogP contribution in [0, 0.1) is 5.92 Å². The molecule has 0 radical (unpaired) electrons. The van der Waals surface area contributed by atoms with Crippen LogP contribution in [0.1, 0.15) is 39.5 Å². The molecular weight excluding hydrogens is 334 g/mol. The molecule has 1 N–H and O–H groups in total. The average molecular weight is 358 g/mol. The molecule has 0 amide bonds. The molecule has 5 nitrogen and oxygen atoms in total. The minimum atomic E-state index is -0.534. The van der Waals surface area contributed by atoms with Gasteiger partial charge in [-0.15, -0.1) is 0 Å². The number of methoxy groups -OCH3 is 1. The number of nitrogens with zero attached hydrogens (tertiary/aromatic N) is 2. The summed E-state index contributed by atoms with van der Waals surface area (Å²) in [5, 5.41) is 7.77. The number of hydrogen-bond acceptors (Lipinski definition) is 4. The highest BCUT2D eigenvalue weighted by molar-refractivity contribution is 9.10. The summed E-state index contributed by atoms with van der Waals surface area (Å²) >= 11 is 3.41. The van der Waals surface area contributed by atoms with Crippen molar-refractivity contribution in [2.45, 2.75) is 57.7 Å². The zero-order chi connectivity index (χ0) is 15.5. The molecule has 2 atom stereocenters. The maximum Gasteiger partial charge on any atom is 0.326 e. The van der Waals surface area contributed by atoms with Gasteiger partial charge in [0.25, 0.3) is 0 Å². The Labute approximate surface area is 134 Å². The van der Waals surface area contributed by atoms with Crippen molar-refractivity contribution >= 4 is 21.9 Å². The van der Waals surface area contributed by atoms with Crippen molar-refractivity contribution in [3.63, 3.8) is 0 Å². The van der Waals surface area contributed by atoms with Crippen LogP contribution in [0.5, 0.6) is 0 Å². The van der Waals surface area contributed by atoms with E-state index in [1.54, 1.807) is 6.20 Å². The van der Waals surface area contributed by atoms with Crippen LogP contribution >= 0.6 is 15.9 Å². The Hall–Kier alpha value is -0.880. The molecule has 0 aromatic carbocycles. The first-order chi connectivity index (χ1) is 9.98. The van der Waals surface area contributed by atoms with Crippen molar-refractivity contribution in [2.24, 2.45) is 5.92 Å². The molecule has 0 spiro atoms. The largest absolute Gasteiger partial charge is 0.468 e. The Balaban J connectivity index is 2.09. The fourth-order valence-electron chi connectivity index (χ4n) is 3.43. The van der Waals surface area contributed by atoms with E-state index < -0.39 is 5.54 Å². The molecule has 2 unspecified atom stereocenters. The number of carbonyl (C=O) groups is 1. The molecule has 1 saturated carbocycles. The Morgan fingerprint density at radius 3 is 3.00 bits per heavy atom. The third-order valence-corrected chi connectivity index (χ3v) is 4.63. The molecule has 21 heavy (non-hydrogen) atoms. The van der Waals surface area contributed by atoms with Crippen LogP contribution in [0.4, 0.5) is 0 Å². The van der Waals surface area contributed by atoms with E-state index in [9.17, 15) is 4.79 Å². The number of hydrogen-bond donors (Lipinski definition) is 1. The molecule has 6 heteroatoms. The molecule has 0 saturated heterocycles. The van der Waals surface area contributed by atoms with Gasteiger partial charge in [-0.3, -0.25) is 14.8 Å². The smallest absolute Gasteiger partial charge is 0.326 e. The summed E-state index contributed by atoms with van der Waals surface area (Å²) < 4.78 is 7.99. The SMILES string of the molecule is COC(=O)C1(NC(C)C)CCCC1CCn1cc(Br)cn1. The van der Waals surface area contributed by atoms with Gasteiger partial charge in [0.05, 0.1) is 17.8 Å². The predicted octanol–water partition coefficient (Wildman–Crippen LogP) is 2.75. The lowest BCUT2D eigenvalue weighted by Crippen LogP contribution is -2.57. The first-order valence-corrected chi connectivity index (χ1v) is 8.31. The summed E-state index contributed by atoms with van der Waals surface area (Å²) in [4.78, 5) is 12.4. The molecule has 2 rings (SSSR count). The zero-order valence-corrected chi connectivity index (χ0v) is 14.5. The summed E-state index contributed by atoms with van der Waals surface area (Å²) in [5.74, 6) is 0.163. The van der Waals surface area contributed by atoms with Gasteiger partial charge in [-0.1, -0.05) is 6.42 Å². The monoisotopic (exact) mass is 357 g/mol. The Morgan fingerprint density at radius 2 is 2.43 bits per heavy atom. The number of rotatable bonds is 6. The highest BCUT2D eigenvalue weighted by Crippen LogP contribution is 2.39. The van der Waals surface area contributed by atoms with E-state index in [4.69, 9.17) is 4.74 Å². The number of ether oxygens (including phenoxy) is 1. The van der Waals surface area contributed by atoms with Crippen LogP contribution in [0.15, 0.2) is 16.9 Å². The fraction of sp³-hybridized carbons (Fsp3) is 0.733. The lowest BCUT2D eigenvalue weighted by molar-refractivity contribution is -0.151. The van der Waals surface area contributed by atoms with Gasteiger partial charge in [0.2, 0.25) is 0 Å². The summed E-state index contributed by atoms with van der Waals surface area (Å²) in [6.45, 7) is 4.96. The van der Waals surface area contributed by atoms with Gasteiger partial charge in [0.15, 0.2) is 0 Å². The van der Waals surface area contributed by atoms with Gasteiger partial charge in [-0.25, -0.2) is 0 Å². The molecular formula is C15H24BrN3O2. The van der Waals surface area contributed by atoms with E-state index in [0.717, 1.165) is 36.7 Å². The van der Waals surface area contributed by atoms with E-state index >= 15 is 0 Å². The van der Waals surface area contributed by atoms with Crippen LogP contribution in [0.2, 0.25) is 0 Å². The number of nitrogens with one attached hydrogen (secondary N) is 1. The lowest BCUT2D eigenvalue weighted by atomic mass is 9.84. The molecule has 0 aliphatic heterocycles. The maximum atomic E-state index is 12.4. The molecule has 1 heterocycles. The minimum absolute atomic E-state index is 0.125. The van der Waals surface area contributed by atoms with Crippen molar-refractivity contribution < 1.29 is 9.53 Å². The normalized spacial score (nSPS) is 25.5. The zero-order valence-electron chi connectivity index (χ0n) is 12.9. The molecule has 0 bridgehead atoms. The van der Waals surface area contributed by atoms with E-state index in [-0.39, 0.29) is 17.9 Å². The standard InChI is InChI=1S/C15H24BrN3O2/c1-11(2)18-15(14(20)21-3)7-4-5-12(15)6-8-19-10-13(16)9-17-19/h9-12,18H,4-8H2,1-3H3. The van der Waals surface area contributed by atoms with Gasteiger partial charge in [-0.05, 0) is 55.0 Å². The van der Waals surface area contributed by atoms with E-state index in [2.05, 4.69) is 40.2 Å². The number of carbonyl (C=O) groups excluding carboxylic acids is 1. The molecule has 1 aliphatic carbocycles. The van der Waals surface area contributed by atoms with E-state index in [0.29, 0.717) is 0 Å². The highest BCUT2D eigenvalue weighted by Gasteiger charge is 2.49. The second-order valence-electron chi connectivity index (χ2n) is 6.06. The molecule has 118 valence electrons. The average Bonchev–Trinajstić information content (AvgIpc) is 3.02. The third kappa shape index (κ3) is 3.66. The number of esters is 1. The van der Waals surface area contributed by atoms with Crippen molar-refractivity contribution in [1.29, 1.82) is 0 Å². The number of halogens is 1. The number of aryl methyl sites for hydroxylation is 1. The van der Waals surface area contributed by atoms with Crippen LogP contribution in [-0.2, 0) is 16.1 Å². The second kappa shape index (κ2) is 6.92. The van der Waals surface area contributed by atoms with Crippen molar-refractivity contribution in [3.8, 4) is 0 Å². The van der Waals surface area contributed by atoms with Crippen LogP contribution in [0.3, 0.4) is 0 Å². The molecule has 1 aliphatic rings. The Bertz CT molecular complexity index is 489. The summed E-state index contributed by atoms with van der Waals surface area (Å²) in [7, 11) is 1.48. The topological polar surface area (TPSA) is 56.1 Å². The van der Waals surface area contributed by atoms with Gasteiger partial charge in [-0.2, -0.15) is 5.10 Å². The third-order valence-electron chi connectivity index (χ3n) is 4.22. The second-order valence-corrected chi connectivity index (χ2v) is 6.98. The highest BCUT2D eigenvalue weighted by atomic mass is 79.9. The van der Waals surface area contributed by atoms with Crippen molar-refractivity contribution in [2.75, 3.05) is 7.11 Å².